The van der Waals surface area contributed by atoms with Gasteiger partial charge < -0.3 is 25.3 Å². The minimum Gasteiger partial charge on any atom is -0.343 e. The lowest BCUT2D eigenvalue weighted by molar-refractivity contribution is -0.145. The van der Waals surface area contributed by atoms with Crippen LogP contribution in [0.3, 0.4) is 0 Å². The Hall–Kier alpha value is -2.65. The molecule has 1 heterocycles. The summed E-state index contributed by atoms with van der Waals surface area (Å²) in [7, 11) is 3.13. The van der Waals surface area contributed by atoms with Crippen LogP contribution in [-0.4, -0.2) is 95.6 Å². The van der Waals surface area contributed by atoms with E-state index in [0.717, 1.165) is 25.7 Å². The van der Waals surface area contributed by atoms with Crippen molar-refractivity contribution in [3.05, 3.63) is 0 Å². The summed E-state index contributed by atoms with van der Waals surface area (Å²) in [6.45, 7) is 16.2. The van der Waals surface area contributed by atoms with Crippen LogP contribution in [0, 0.1) is 17.8 Å². The Morgan fingerprint density at radius 3 is 1.80 bits per heavy atom. The normalized spacial score (nSPS) is 17.4. The fourth-order valence-electron chi connectivity index (χ4n) is 4.96. The minimum absolute atomic E-state index is 0.0618. The second-order valence-electron chi connectivity index (χ2n) is 12.3. The van der Waals surface area contributed by atoms with Crippen molar-refractivity contribution >= 4 is 29.5 Å². The summed E-state index contributed by atoms with van der Waals surface area (Å²) in [5.74, 6) is -1.34. The van der Waals surface area contributed by atoms with Gasteiger partial charge in [0.2, 0.25) is 29.5 Å². The smallest absolute Gasteiger partial charge is 0.245 e. The first-order valence-electron chi connectivity index (χ1n) is 15.0. The maximum absolute atomic E-state index is 13.8. The summed E-state index contributed by atoms with van der Waals surface area (Å²) in [4.78, 5) is 70.4. The molecule has 1 rings (SSSR count). The summed E-state index contributed by atoms with van der Waals surface area (Å²) in [6.07, 6.45) is 4.54. The standard InChI is InChI=1S/C30H55N5O5/c1-11-21(6)26(30(40)35-15-13-12-14-16-35)32-28(38)25(18-20(4)5)34(10)29(39)24(17-19(2)3)31-27(37)22(7)33(9)23(8)36/h19-22,24-26H,11-18H2,1-10H3,(H,31,37)(H,32,38)/t21-,22-,24-,25-,26-/m0/s1. The van der Waals surface area contributed by atoms with Crippen molar-refractivity contribution in [3.63, 3.8) is 0 Å². The van der Waals surface area contributed by atoms with Crippen LogP contribution in [0.4, 0.5) is 0 Å². The van der Waals surface area contributed by atoms with Crippen molar-refractivity contribution in [2.45, 2.75) is 118 Å². The molecule has 0 aliphatic carbocycles. The third-order valence-electron chi connectivity index (χ3n) is 8.04. The Bertz CT molecular complexity index is 871. The van der Waals surface area contributed by atoms with Crippen molar-refractivity contribution in [2.24, 2.45) is 17.8 Å². The second-order valence-corrected chi connectivity index (χ2v) is 12.3. The number of hydrogen-bond acceptors (Lipinski definition) is 5. The maximum atomic E-state index is 13.8. The number of nitrogens with one attached hydrogen (secondary N) is 2. The van der Waals surface area contributed by atoms with Crippen LogP contribution >= 0.6 is 0 Å². The predicted octanol–water partition coefficient (Wildman–Crippen LogP) is 2.80. The minimum atomic E-state index is -0.858. The Balaban J connectivity index is 3.21. The third-order valence-corrected chi connectivity index (χ3v) is 8.04. The molecule has 0 unspecified atom stereocenters. The average Bonchev–Trinajstić information content (AvgIpc) is 2.91. The number of piperidine rings is 1. The van der Waals surface area contributed by atoms with Gasteiger partial charge in [0.25, 0.3) is 0 Å². The summed E-state index contributed by atoms with van der Waals surface area (Å²) < 4.78 is 0. The summed E-state index contributed by atoms with van der Waals surface area (Å²) in [6, 6.07) is -3.08. The molecule has 40 heavy (non-hydrogen) atoms. The van der Waals surface area contributed by atoms with E-state index in [4.69, 9.17) is 0 Å². The fourth-order valence-corrected chi connectivity index (χ4v) is 4.96. The molecule has 0 radical (unpaired) electrons. The van der Waals surface area contributed by atoms with Gasteiger partial charge in [-0.3, -0.25) is 24.0 Å². The number of hydrogen-bond donors (Lipinski definition) is 2. The molecule has 0 aromatic heterocycles. The van der Waals surface area contributed by atoms with E-state index in [9.17, 15) is 24.0 Å². The number of amides is 5. The largest absolute Gasteiger partial charge is 0.343 e. The number of rotatable bonds is 14. The average molecular weight is 566 g/mol. The van der Waals surface area contributed by atoms with Crippen LogP contribution in [0.25, 0.3) is 0 Å². The molecule has 2 N–H and O–H groups in total. The number of nitrogens with zero attached hydrogens (tertiary/aromatic N) is 3. The van der Waals surface area contributed by atoms with Gasteiger partial charge in [0.05, 0.1) is 0 Å². The number of likely N-dealkylation sites (N-methyl/N-ethyl adjacent to an activating group) is 2. The molecule has 0 aromatic carbocycles. The summed E-state index contributed by atoms with van der Waals surface area (Å²) in [5, 5.41) is 5.84. The molecule has 5 amide bonds. The van der Waals surface area contributed by atoms with E-state index in [1.165, 1.54) is 16.7 Å². The highest BCUT2D eigenvalue weighted by atomic mass is 16.2. The Kier molecular flexibility index (Phi) is 14.7. The fraction of sp³-hybridized carbons (Fsp3) is 0.833. The van der Waals surface area contributed by atoms with Crippen LogP contribution in [0.2, 0.25) is 0 Å². The molecule has 0 saturated carbocycles. The van der Waals surface area contributed by atoms with Crippen LogP contribution < -0.4 is 10.6 Å². The molecular formula is C30H55N5O5. The maximum Gasteiger partial charge on any atom is 0.245 e. The van der Waals surface area contributed by atoms with E-state index in [-0.39, 0.29) is 41.4 Å². The van der Waals surface area contributed by atoms with E-state index in [1.54, 1.807) is 21.0 Å². The molecular weight excluding hydrogens is 510 g/mol. The first-order valence-corrected chi connectivity index (χ1v) is 15.0. The van der Waals surface area contributed by atoms with Gasteiger partial charge in [0, 0.05) is 34.1 Å². The molecule has 0 spiro atoms. The van der Waals surface area contributed by atoms with Gasteiger partial charge in [-0.1, -0.05) is 48.0 Å². The van der Waals surface area contributed by atoms with Gasteiger partial charge in [0.15, 0.2) is 0 Å². The van der Waals surface area contributed by atoms with Crippen molar-refractivity contribution in [3.8, 4) is 0 Å². The Morgan fingerprint density at radius 1 is 0.775 bits per heavy atom. The number of carbonyl (C=O) groups excluding carboxylic acids is 5. The molecule has 0 aromatic rings. The SMILES string of the molecule is CC[C@H](C)[C@H](NC(=O)[C@H](CC(C)C)N(C)C(=O)[C@H](CC(C)C)NC(=O)[C@H](C)N(C)C(C)=O)C(=O)N1CCCCC1. The van der Waals surface area contributed by atoms with Crippen LogP contribution in [0.1, 0.15) is 93.9 Å². The quantitative estimate of drug-likeness (QED) is 0.336. The molecule has 1 aliphatic rings. The topological polar surface area (TPSA) is 119 Å². The second kappa shape index (κ2) is 16.6. The van der Waals surface area contributed by atoms with Crippen LogP contribution in [0.5, 0.6) is 0 Å². The Morgan fingerprint density at radius 2 is 1.32 bits per heavy atom. The molecule has 230 valence electrons. The van der Waals surface area contributed by atoms with Gasteiger partial charge >= 0.3 is 0 Å². The van der Waals surface area contributed by atoms with Gasteiger partial charge in [-0.25, -0.2) is 0 Å². The highest BCUT2D eigenvalue weighted by Gasteiger charge is 2.37. The van der Waals surface area contributed by atoms with E-state index >= 15 is 0 Å². The van der Waals surface area contributed by atoms with Gasteiger partial charge in [0.1, 0.15) is 24.2 Å². The van der Waals surface area contributed by atoms with E-state index < -0.39 is 30.1 Å². The lowest BCUT2D eigenvalue weighted by atomic mass is 9.95. The molecule has 1 aliphatic heterocycles. The lowest BCUT2D eigenvalue weighted by Crippen LogP contribution is -2.60. The van der Waals surface area contributed by atoms with Gasteiger partial charge in [-0.2, -0.15) is 0 Å². The zero-order chi connectivity index (χ0) is 30.7. The molecule has 10 nitrogen and oxygen atoms in total. The summed E-state index contributed by atoms with van der Waals surface area (Å²) >= 11 is 0. The Labute approximate surface area is 242 Å². The van der Waals surface area contributed by atoms with E-state index in [2.05, 4.69) is 10.6 Å². The third kappa shape index (κ3) is 10.4. The highest BCUT2D eigenvalue weighted by Crippen LogP contribution is 2.19. The van der Waals surface area contributed by atoms with Gasteiger partial charge in [-0.05, 0) is 56.8 Å². The van der Waals surface area contributed by atoms with Crippen molar-refractivity contribution in [1.82, 2.24) is 25.3 Å². The first kappa shape index (κ1) is 35.4. The van der Waals surface area contributed by atoms with E-state index in [1.807, 2.05) is 46.4 Å². The predicted molar refractivity (Wildman–Crippen MR) is 157 cm³/mol. The summed E-state index contributed by atoms with van der Waals surface area (Å²) in [5.41, 5.74) is 0. The number of likely N-dealkylation sites (tertiary alicyclic amines) is 1. The lowest BCUT2D eigenvalue weighted by Gasteiger charge is -2.36. The molecule has 1 fully saturated rings. The molecule has 5 atom stereocenters. The molecule has 0 bridgehead atoms. The first-order chi connectivity index (χ1) is 18.6. The molecule has 10 heteroatoms. The van der Waals surface area contributed by atoms with Crippen LogP contribution in [-0.2, 0) is 24.0 Å². The van der Waals surface area contributed by atoms with Crippen molar-refractivity contribution in [1.29, 1.82) is 0 Å². The zero-order valence-electron chi connectivity index (χ0n) is 26.6. The van der Waals surface area contributed by atoms with E-state index in [0.29, 0.717) is 25.9 Å². The molecule has 1 saturated heterocycles. The van der Waals surface area contributed by atoms with Crippen LogP contribution in [0.15, 0.2) is 0 Å². The number of carbonyl (C=O) groups is 5. The monoisotopic (exact) mass is 565 g/mol. The zero-order valence-corrected chi connectivity index (χ0v) is 26.6. The van der Waals surface area contributed by atoms with Crippen molar-refractivity contribution in [2.75, 3.05) is 27.2 Å². The van der Waals surface area contributed by atoms with Crippen molar-refractivity contribution < 1.29 is 24.0 Å². The highest BCUT2D eigenvalue weighted by molar-refractivity contribution is 5.95. The van der Waals surface area contributed by atoms with Gasteiger partial charge in [-0.15, -0.1) is 0 Å².